The summed E-state index contributed by atoms with van der Waals surface area (Å²) in [7, 11) is 0. The van der Waals surface area contributed by atoms with Gasteiger partial charge in [0.25, 0.3) is 0 Å². The van der Waals surface area contributed by atoms with Gasteiger partial charge >= 0.3 is 0 Å². The lowest BCUT2D eigenvalue weighted by Crippen LogP contribution is -2.51. The third kappa shape index (κ3) is 3.39. The molecule has 1 aliphatic heterocycles. The van der Waals surface area contributed by atoms with Gasteiger partial charge in [-0.25, -0.2) is 9.37 Å². The summed E-state index contributed by atoms with van der Waals surface area (Å²) >= 11 is 0. The minimum absolute atomic E-state index is 0.256. The van der Waals surface area contributed by atoms with Crippen molar-refractivity contribution in [1.82, 2.24) is 45.2 Å². The van der Waals surface area contributed by atoms with Crippen LogP contribution in [0.1, 0.15) is 47.4 Å². The molecular formula is C27H24FN9O. The van der Waals surface area contributed by atoms with E-state index >= 15 is 0 Å². The molecule has 0 spiro atoms. The van der Waals surface area contributed by atoms with Crippen molar-refractivity contribution in [3.05, 3.63) is 101 Å². The number of para-hydroxylation sites is 1. The Balaban J connectivity index is 1.44. The van der Waals surface area contributed by atoms with Crippen LogP contribution in [0.3, 0.4) is 0 Å². The van der Waals surface area contributed by atoms with Gasteiger partial charge in [0.15, 0.2) is 5.54 Å². The van der Waals surface area contributed by atoms with Crippen molar-refractivity contribution in [2.24, 2.45) is 0 Å². The van der Waals surface area contributed by atoms with Crippen LogP contribution < -0.4 is 5.32 Å². The molecule has 6 aromatic rings. The highest BCUT2D eigenvalue weighted by Gasteiger charge is 2.50. The van der Waals surface area contributed by atoms with Crippen LogP contribution in [0.25, 0.3) is 22.3 Å². The second-order valence-electron chi connectivity index (χ2n) is 9.42. The van der Waals surface area contributed by atoms with Crippen LogP contribution in [-0.2, 0) is 18.5 Å². The van der Waals surface area contributed by atoms with Crippen molar-refractivity contribution in [3.8, 4) is 11.4 Å². The van der Waals surface area contributed by atoms with Gasteiger partial charge in [0.2, 0.25) is 11.8 Å². The lowest BCUT2D eigenvalue weighted by molar-refractivity contribution is 0.286. The highest BCUT2D eigenvalue weighted by Crippen LogP contribution is 2.46. The van der Waals surface area contributed by atoms with Crippen molar-refractivity contribution >= 4 is 10.9 Å². The lowest BCUT2D eigenvalue weighted by atomic mass is 9.79. The van der Waals surface area contributed by atoms with Crippen LogP contribution in [0, 0.1) is 12.7 Å². The number of nitrogens with one attached hydrogen (secondary N) is 3. The minimum atomic E-state index is -1.01. The number of halogens is 1. The standard InChI is InChI=1S/C27H24FN9O/c1-3-37-14-16(11-31-37)27(26-36-35-15(2)38-26)24-19(18-6-4-5-7-20(18)32-24)10-22(34-27)25-30-13-23(33-25)21-9-8-17(28)12-29-21/h4-9,11-14,22,32,34H,3,10H2,1-2H3,(H,30,33). The van der Waals surface area contributed by atoms with E-state index in [-0.39, 0.29) is 6.04 Å². The summed E-state index contributed by atoms with van der Waals surface area (Å²) in [5.74, 6) is 1.20. The molecule has 11 heteroatoms. The van der Waals surface area contributed by atoms with E-state index in [1.807, 2.05) is 36.1 Å². The fourth-order valence-corrected chi connectivity index (χ4v) is 5.36. The first-order valence-electron chi connectivity index (χ1n) is 12.4. The number of aromatic nitrogens is 8. The topological polar surface area (TPSA) is 126 Å². The zero-order valence-electron chi connectivity index (χ0n) is 20.7. The molecule has 1 aromatic carbocycles. The molecule has 0 fully saturated rings. The van der Waals surface area contributed by atoms with Crippen LogP contribution in [0.2, 0.25) is 0 Å². The summed E-state index contributed by atoms with van der Waals surface area (Å²) in [5, 5.41) is 18.2. The van der Waals surface area contributed by atoms with Crippen LogP contribution in [0.15, 0.2) is 65.6 Å². The fourth-order valence-electron chi connectivity index (χ4n) is 5.36. The number of benzene rings is 1. The summed E-state index contributed by atoms with van der Waals surface area (Å²) < 4.78 is 21.4. The van der Waals surface area contributed by atoms with Crippen molar-refractivity contribution in [2.45, 2.75) is 38.4 Å². The molecule has 7 rings (SSSR count). The fraction of sp³-hybridized carbons (Fsp3) is 0.222. The number of hydrogen-bond donors (Lipinski definition) is 3. The van der Waals surface area contributed by atoms with Gasteiger partial charge in [-0.3, -0.25) is 15.0 Å². The van der Waals surface area contributed by atoms with Gasteiger partial charge in [0, 0.05) is 42.3 Å². The van der Waals surface area contributed by atoms with Gasteiger partial charge in [-0.2, -0.15) is 5.10 Å². The Bertz CT molecular complexity index is 1760. The van der Waals surface area contributed by atoms with Gasteiger partial charge < -0.3 is 14.4 Å². The van der Waals surface area contributed by atoms with E-state index < -0.39 is 11.4 Å². The summed E-state index contributed by atoms with van der Waals surface area (Å²) in [4.78, 5) is 16.0. The SMILES string of the molecule is CCn1cc(C2(c3nnc(C)o3)NC(c3nc(-c4ccc(F)cn4)c[nH]3)Cc3c2[nH]c2ccccc32)cn1. The molecule has 5 aromatic heterocycles. The third-order valence-electron chi connectivity index (χ3n) is 7.14. The number of H-pyrrole nitrogens is 2. The minimum Gasteiger partial charge on any atom is -0.423 e. The summed E-state index contributed by atoms with van der Waals surface area (Å²) in [6.07, 6.45) is 7.47. The molecule has 0 saturated heterocycles. The molecule has 10 nitrogen and oxygen atoms in total. The van der Waals surface area contributed by atoms with E-state index in [2.05, 4.69) is 47.7 Å². The summed E-state index contributed by atoms with van der Waals surface area (Å²) in [6.45, 7) is 4.54. The Labute approximate surface area is 216 Å². The molecule has 0 saturated carbocycles. The number of nitrogens with zero attached hydrogens (tertiary/aromatic N) is 6. The maximum Gasteiger partial charge on any atom is 0.247 e. The first kappa shape index (κ1) is 22.5. The molecule has 0 amide bonds. The van der Waals surface area contributed by atoms with E-state index in [1.165, 1.54) is 12.3 Å². The van der Waals surface area contributed by atoms with Gasteiger partial charge in [-0.05, 0) is 37.1 Å². The van der Waals surface area contributed by atoms with Crippen LogP contribution in [-0.4, -0.2) is 39.9 Å². The Morgan fingerprint density at radius 2 is 2.03 bits per heavy atom. The number of aromatic amines is 2. The molecule has 38 heavy (non-hydrogen) atoms. The van der Waals surface area contributed by atoms with E-state index in [9.17, 15) is 4.39 Å². The van der Waals surface area contributed by atoms with Gasteiger partial charge in [0.05, 0.1) is 29.8 Å². The quantitative estimate of drug-likeness (QED) is 0.318. The molecule has 2 atom stereocenters. The lowest BCUT2D eigenvalue weighted by Gasteiger charge is -2.38. The molecule has 6 heterocycles. The normalized spacial score (nSPS) is 19.2. The van der Waals surface area contributed by atoms with Crippen molar-refractivity contribution in [2.75, 3.05) is 0 Å². The largest absolute Gasteiger partial charge is 0.423 e. The molecule has 0 aliphatic carbocycles. The zero-order valence-corrected chi connectivity index (χ0v) is 20.7. The first-order chi connectivity index (χ1) is 18.5. The number of rotatable bonds is 5. The number of fused-ring (bicyclic) bond motifs is 3. The Kier molecular flexibility index (Phi) is 5.02. The summed E-state index contributed by atoms with van der Waals surface area (Å²) in [5.41, 5.74) is 4.15. The second kappa shape index (κ2) is 8.45. The second-order valence-corrected chi connectivity index (χ2v) is 9.42. The van der Waals surface area contributed by atoms with Gasteiger partial charge in [-0.15, -0.1) is 10.2 Å². The molecule has 190 valence electrons. The average Bonchev–Trinajstić information content (AvgIpc) is 3.74. The number of aryl methyl sites for hydroxylation is 2. The average molecular weight is 510 g/mol. The van der Waals surface area contributed by atoms with E-state index in [0.717, 1.165) is 27.7 Å². The van der Waals surface area contributed by atoms with Crippen molar-refractivity contribution in [1.29, 1.82) is 0 Å². The zero-order chi connectivity index (χ0) is 25.9. The number of pyridine rings is 1. The molecule has 1 aliphatic rings. The first-order valence-corrected chi connectivity index (χ1v) is 12.4. The van der Waals surface area contributed by atoms with Crippen molar-refractivity contribution in [3.63, 3.8) is 0 Å². The molecule has 0 bridgehead atoms. The Morgan fingerprint density at radius 3 is 2.79 bits per heavy atom. The number of imidazole rings is 1. The number of hydrogen-bond acceptors (Lipinski definition) is 7. The maximum absolute atomic E-state index is 13.4. The van der Waals surface area contributed by atoms with Crippen LogP contribution in [0.4, 0.5) is 4.39 Å². The molecular weight excluding hydrogens is 485 g/mol. The Morgan fingerprint density at radius 1 is 1.13 bits per heavy atom. The Hall–Kier alpha value is -4.64. The third-order valence-corrected chi connectivity index (χ3v) is 7.14. The predicted molar refractivity (Wildman–Crippen MR) is 136 cm³/mol. The van der Waals surface area contributed by atoms with E-state index in [0.29, 0.717) is 42.0 Å². The molecule has 2 unspecified atom stereocenters. The molecule has 0 radical (unpaired) electrons. The summed E-state index contributed by atoms with van der Waals surface area (Å²) in [6, 6.07) is 11.0. The van der Waals surface area contributed by atoms with Gasteiger partial charge in [0.1, 0.15) is 17.3 Å². The highest BCUT2D eigenvalue weighted by atomic mass is 19.1. The van der Waals surface area contributed by atoms with E-state index in [1.54, 1.807) is 19.2 Å². The van der Waals surface area contributed by atoms with Crippen molar-refractivity contribution < 1.29 is 8.81 Å². The van der Waals surface area contributed by atoms with E-state index in [4.69, 9.17) is 9.40 Å². The monoisotopic (exact) mass is 509 g/mol. The smallest absolute Gasteiger partial charge is 0.247 e. The van der Waals surface area contributed by atoms with Gasteiger partial charge in [-0.1, -0.05) is 18.2 Å². The maximum atomic E-state index is 13.4. The molecule has 3 N–H and O–H groups in total. The highest BCUT2D eigenvalue weighted by molar-refractivity contribution is 5.86. The van der Waals surface area contributed by atoms with Crippen LogP contribution in [0.5, 0.6) is 0 Å². The van der Waals surface area contributed by atoms with Crippen LogP contribution >= 0.6 is 0 Å². The predicted octanol–water partition coefficient (Wildman–Crippen LogP) is 4.18.